The maximum atomic E-state index is 12.5. The van der Waals surface area contributed by atoms with Crippen molar-refractivity contribution in [1.82, 2.24) is 9.97 Å². The Labute approximate surface area is 192 Å². The van der Waals surface area contributed by atoms with Crippen LogP contribution in [-0.2, 0) is 16.0 Å². The highest BCUT2D eigenvalue weighted by Gasteiger charge is 2.33. The lowest BCUT2D eigenvalue weighted by atomic mass is 9.88. The summed E-state index contributed by atoms with van der Waals surface area (Å²) in [6, 6.07) is 13.7. The fourth-order valence-electron chi connectivity index (χ4n) is 4.65. The Hall–Kier alpha value is -3.51. The van der Waals surface area contributed by atoms with Crippen LogP contribution >= 0.6 is 0 Å². The lowest BCUT2D eigenvalue weighted by Gasteiger charge is -2.28. The van der Waals surface area contributed by atoms with Crippen molar-refractivity contribution in [1.29, 1.82) is 0 Å². The number of hydrogen-bond acceptors (Lipinski definition) is 5. The first-order valence-electron chi connectivity index (χ1n) is 11.1. The second kappa shape index (κ2) is 7.81. The van der Waals surface area contributed by atoms with Gasteiger partial charge in [-0.1, -0.05) is 18.2 Å². The van der Waals surface area contributed by atoms with E-state index in [4.69, 9.17) is 19.4 Å². The molecule has 0 bridgehead atoms. The monoisotopic (exact) mass is 442 g/mol. The fourth-order valence-corrected chi connectivity index (χ4v) is 4.65. The van der Waals surface area contributed by atoms with Gasteiger partial charge >= 0.3 is 5.97 Å². The van der Waals surface area contributed by atoms with Gasteiger partial charge in [-0.15, -0.1) is 0 Å². The first-order valence-corrected chi connectivity index (χ1v) is 11.1. The SMILES string of the molecule is Cc1nc2ccccc2c(-c2ccc3c4c(ccnc24)CCO3)c1[C@@H](OC(C)(C)C)C(=O)O. The summed E-state index contributed by atoms with van der Waals surface area (Å²) in [5, 5.41) is 12.1. The minimum atomic E-state index is -1.18. The van der Waals surface area contributed by atoms with E-state index in [1.165, 1.54) is 5.56 Å². The average Bonchev–Trinajstić information content (AvgIpc) is 2.77. The zero-order valence-electron chi connectivity index (χ0n) is 19.2. The average molecular weight is 443 g/mol. The summed E-state index contributed by atoms with van der Waals surface area (Å²) in [4.78, 5) is 22.0. The number of para-hydroxylation sites is 1. The van der Waals surface area contributed by atoms with Crippen LogP contribution in [0.2, 0.25) is 0 Å². The van der Waals surface area contributed by atoms with E-state index in [2.05, 4.69) is 0 Å². The van der Waals surface area contributed by atoms with Crippen molar-refractivity contribution in [2.24, 2.45) is 0 Å². The molecule has 2 aromatic heterocycles. The maximum Gasteiger partial charge on any atom is 0.337 e. The molecule has 6 nitrogen and oxygen atoms in total. The Bertz CT molecular complexity index is 1390. The molecule has 1 N–H and O–H groups in total. The maximum absolute atomic E-state index is 12.5. The quantitative estimate of drug-likeness (QED) is 0.441. The van der Waals surface area contributed by atoms with Crippen molar-refractivity contribution in [2.75, 3.05) is 6.61 Å². The van der Waals surface area contributed by atoms with Gasteiger partial charge in [0.15, 0.2) is 6.10 Å². The second-order valence-electron chi connectivity index (χ2n) is 9.35. The van der Waals surface area contributed by atoms with Gasteiger partial charge in [-0.3, -0.25) is 9.97 Å². The lowest BCUT2D eigenvalue weighted by Crippen LogP contribution is -2.28. The van der Waals surface area contributed by atoms with E-state index in [-0.39, 0.29) is 0 Å². The Kier molecular flexibility index (Phi) is 5.05. The predicted octanol–water partition coefficient (Wildman–Crippen LogP) is 5.63. The van der Waals surface area contributed by atoms with Crippen molar-refractivity contribution in [3.8, 4) is 16.9 Å². The number of pyridine rings is 2. The lowest BCUT2D eigenvalue weighted by molar-refractivity contribution is -0.160. The largest absolute Gasteiger partial charge is 0.493 e. The van der Waals surface area contributed by atoms with Gasteiger partial charge in [0, 0.05) is 45.8 Å². The van der Waals surface area contributed by atoms with Crippen LogP contribution in [-0.4, -0.2) is 33.3 Å². The molecule has 2 aromatic carbocycles. The van der Waals surface area contributed by atoms with Crippen LogP contribution in [0.1, 0.15) is 43.7 Å². The van der Waals surface area contributed by atoms with Gasteiger partial charge in [-0.2, -0.15) is 0 Å². The van der Waals surface area contributed by atoms with E-state index in [1.807, 2.05) is 76.4 Å². The number of aryl methyl sites for hydroxylation is 1. The molecule has 5 rings (SSSR count). The van der Waals surface area contributed by atoms with E-state index >= 15 is 0 Å². The minimum Gasteiger partial charge on any atom is -0.493 e. The molecule has 33 heavy (non-hydrogen) atoms. The standard InChI is InChI=1S/C27H26N2O4/c1-15-21(25(26(30)31)33-27(2,3)4)23(17-7-5-6-8-19(17)29-15)18-9-10-20-22-16(12-14-32-20)11-13-28-24(18)22/h5-11,13,25H,12,14H2,1-4H3,(H,30,31)/t25-/m1/s1. The first-order chi connectivity index (χ1) is 15.7. The Balaban J connectivity index is 1.90. The number of benzene rings is 2. The van der Waals surface area contributed by atoms with Gasteiger partial charge in [-0.25, -0.2) is 4.79 Å². The van der Waals surface area contributed by atoms with E-state index in [0.29, 0.717) is 17.9 Å². The molecule has 1 atom stereocenters. The van der Waals surface area contributed by atoms with Crippen LogP contribution in [0, 0.1) is 6.92 Å². The molecular formula is C27H26N2O4. The molecule has 0 amide bonds. The summed E-state index contributed by atoms with van der Waals surface area (Å²) in [5.74, 6) is -0.245. The summed E-state index contributed by atoms with van der Waals surface area (Å²) >= 11 is 0. The third-order valence-electron chi connectivity index (χ3n) is 5.92. The molecule has 0 fully saturated rings. The smallest absolute Gasteiger partial charge is 0.337 e. The topological polar surface area (TPSA) is 81.5 Å². The number of carbonyl (C=O) groups is 1. The van der Waals surface area contributed by atoms with Crippen LogP contribution in [0.3, 0.4) is 0 Å². The molecule has 168 valence electrons. The molecule has 0 unspecified atom stereocenters. The van der Waals surface area contributed by atoms with Gasteiger partial charge in [-0.05, 0) is 57.5 Å². The van der Waals surface area contributed by atoms with Crippen LogP contribution in [0.4, 0.5) is 0 Å². The van der Waals surface area contributed by atoms with Gasteiger partial charge in [0.05, 0.1) is 23.2 Å². The fraction of sp³-hybridized carbons (Fsp3) is 0.296. The van der Waals surface area contributed by atoms with Crippen LogP contribution < -0.4 is 4.74 Å². The Morgan fingerprint density at radius 3 is 2.70 bits per heavy atom. The predicted molar refractivity (Wildman–Crippen MR) is 128 cm³/mol. The summed E-state index contributed by atoms with van der Waals surface area (Å²) in [5.41, 5.74) is 4.92. The summed E-state index contributed by atoms with van der Waals surface area (Å²) in [6.45, 7) is 8.04. The van der Waals surface area contributed by atoms with Crippen molar-refractivity contribution >= 4 is 27.8 Å². The number of fused-ring (bicyclic) bond motifs is 1. The van der Waals surface area contributed by atoms with Crippen LogP contribution in [0.15, 0.2) is 48.7 Å². The van der Waals surface area contributed by atoms with Gasteiger partial charge in [0.2, 0.25) is 0 Å². The van der Waals surface area contributed by atoms with Gasteiger partial charge < -0.3 is 14.6 Å². The number of rotatable bonds is 4. The van der Waals surface area contributed by atoms with E-state index < -0.39 is 17.7 Å². The van der Waals surface area contributed by atoms with Crippen molar-refractivity contribution < 1.29 is 19.4 Å². The number of hydrogen-bond donors (Lipinski definition) is 1. The van der Waals surface area contributed by atoms with Crippen molar-refractivity contribution in [3.63, 3.8) is 0 Å². The molecule has 6 heteroatoms. The van der Waals surface area contributed by atoms with Crippen molar-refractivity contribution in [3.05, 3.63) is 65.5 Å². The van der Waals surface area contributed by atoms with E-state index in [0.717, 1.165) is 45.1 Å². The van der Waals surface area contributed by atoms with Crippen LogP contribution in [0.25, 0.3) is 32.9 Å². The Morgan fingerprint density at radius 2 is 1.94 bits per heavy atom. The zero-order chi connectivity index (χ0) is 23.3. The molecule has 0 saturated carbocycles. The molecule has 0 spiro atoms. The van der Waals surface area contributed by atoms with Crippen LogP contribution in [0.5, 0.6) is 5.75 Å². The second-order valence-corrected chi connectivity index (χ2v) is 9.35. The minimum absolute atomic E-state index is 0.551. The number of carboxylic acids is 1. The summed E-state index contributed by atoms with van der Waals surface area (Å²) in [6.07, 6.45) is 1.44. The molecular weight excluding hydrogens is 416 g/mol. The third kappa shape index (κ3) is 3.70. The number of ether oxygens (including phenoxy) is 2. The third-order valence-corrected chi connectivity index (χ3v) is 5.92. The van der Waals surface area contributed by atoms with Crippen molar-refractivity contribution in [2.45, 2.75) is 45.8 Å². The Morgan fingerprint density at radius 1 is 1.15 bits per heavy atom. The van der Waals surface area contributed by atoms with E-state index in [9.17, 15) is 9.90 Å². The molecule has 3 heterocycles. The number of carboxylic acid groups (broad SMARTS) is 1. The van der Waals surface area contributed by atoms with Gasteiger partial charge in [0.1, 0.15) is 5.75 Å². The number of nitrogens with zero attached hydrogens (tertiary/aromatic N) is 2. The molecule has 1 aliphatic heterocycles. The first kappa shape index (κ1) is 21.3. The highest BCUT2D eigenvalue weighted by atomic mass is 16.5. The molecule has 0 radical (unpaired) electrons. The molecule has 0 saturated heterocycles. The summed E-state index contributed by atoms with van der Waals surface area (Å²) in [7, 11) is 0. The normalized spacial score (nSPS) is 14.3. The highest BCUT2D eigenvalue weighted by Crippen LogP contribution is 2.44. The van der Waals surface area contributed by atoms with E-state index in [1.54, 1.807) is 0 Å². The highest BCUT2D eigenvalue weighted by molar-refractivity contribution is 6.07. The molecule has 1 aliphatic rings. The number of aliphatic carboxylic acids is 1. The van der Waals surface area contributed by atoms with Gasteiger partial charge in [0.25, 0.3) is 0 Å². The molecule has 4 aromatic rings. The number of aromatic nitrogens is 2. The zero-order valence-corrected chi connectivity index (χ0v) is 19.2. The molecule has 0 aliphatic carbocycles. The summed E-state index contributed by atoms with van der Waals surface area (Å²) < 4.78 is 12.0.